The van der Waals surface area contributed by atoms with Crippen molar-refractivity contribution in [3.8, 4) is 0 Å². The lowest BCUT2D eigenvalue weighted by Crippen LogP contribution is -2.38. The molecule has 5 nitrogen and oxygen atoms in total. The van der Waals surface area contributed by atoms with Gasteiger partial charge in [0.25, 0.3) is 0 Å². The second kappa shape index (κ2) is 6.50. The number of hydrogen-bond donors (Lipinski definition) is 1. The number of aryl methyl sites for hydroxylation is 1. The quantitative estimate of drug-likeness (QED) is 0.916. The molecule has 20 heavy (non-hydrogen) atoms. The van der Waals surface area contributed by atoms with Gasteiger partial charge in [-0.05, 0) is 19.4 Å². The summed E-state index contributed by atoms with van der Waals surface area (Å²) in [5.74, 6) is 2.14. The van der Waals surface area contributed by atoms with Crippen LogP contribution in [0.25, 0.3) is 0 Å². The molecule has 1 aromatic heterocycles. The van der Waals surface area contributed by atoms with Gasteiger partial charge in [-0.2, -0.15) is 0 Å². The molecular weight excluding hydrogens is 252 g/mol. The first-order chi connectivity index (χ1) is 9.56. The maximum Gasteiger partial charge on any atom is 0.161 e. The van der Waals surface area contributed by atoms with Crippen molar-refractivity contribution in [2.24, 2.45) is 0 Å². The Hall–Kier alpha value is -1.20. The van der Waals surface area contributed by atoms with Gasteiger partial charge in [0, 0.05) is 31.4 Å². The Labute approximate surface area is 121 Å². The van der Waals surface area contributed by atoms with Crippen molar-refractivity contribution in [2.45, 2.75) is 39.7 Å². The Morgan fingerprint density at radius 1 is 1.40 bits per heavy atom. The van der Waals surface area contributed by atoms with Gasteiger partial charge >= 0.3 is 0 Å². The van der Waals surface area contributed by atoms with Crippen LogP contribution in [0.5, 0.6) is 0 Å². The van der Waals surface area contributed by atoms with Crippen molar-refractivity contribution >= 4 is 5.82 Å². The molecule has 0 spiro atoms. The fraction of sp³-hybridized carbons (Fsp3) is 0.733. The van der Waals surface area contributed by atoms with Crippen LogP contribution < -0.4 is 5.32 Å². The van der Waals surface area contributed by atoms with E-state index in [1.807, 2.05) is 7.05 Å². The van der Waals surface area contributed by atoms with Gasteiger partial charge in [-0.3, -0.25) is 4.90 Å². The van der Waals surface area contributed by atoms with E-state index in [2.05, 4.69) is 37.9 Å². The molecular formula is C15H26N4O. The minimum Gasteiger partial charge on any atom is -0.373 e. The Kier molecular flexibility index (Phi) is 4.94. The normalized spacial score (nSPS) is 20.4. The first-order valence-corrected chi connectivity index (χ1v) is 7.46. The molecule has 1 saturated heterocycles. The van der Waals surface area contributed by atoms with Crippen LogP contribution in [-0.2, 0) is 4.74 Å². The van der Waals surface area contributed by atoms with Crippen LogP contribution in [0.4, 0.5) is 5.82 Å². The van der Waals surface area contributed by atoms with Crippen molar-refractivity contribution in [3.05, 3.63) is 17.1 Å². The van der Waals surface area contributed by atoms with E-state index < -0.39 is 0 Å². The van der Waals surface area contributed by atoms with Crippen LogP contribution in [0, 0.1) is 6.92 Å². The number of morpholine rings is 1. The Balaban J connectivity index is 2.31. The monoisotopic (exact) mass is 278 g/mol. The molecule has 0 amide bonds. The first-order valence-electron chi connectivity index (χ1n) is 7.46. The van der Waals surface area contributed by atoms with Crippen LogP contribution in [0.2, 0.25) is 0 Å². The lowest BCUT2D eigenvalue weighted by Gasteiger charge is -2.31. The van der Waals surface area contributed by atoms with Gasteiger partial charge in [0.05, 0.1) is 6.61 Å². The molecule has 1 N–H and O–H groups in total. The Morgan fingerprint density at radius 2 is 2.15 bits per heavy atom. The molecule has 0 bridgehead atoms. The molecule has 1 fully saturated rings. The lowest BCUT2D eigenvalue weighted by molar-refractivity contribution is -0.0326. The highest BCUT2D eigenvalue weighted by atomic mass is 16.5. The summed E-state index contributed by atoms with van der Waals surface area (Å²) in [4.78, 5) is 11.8. The minimum absolute atomic E-state index is 0.0179. The Morgan fingerprint density at radius 3 is 2.75 bits per heavy atom. The molecule has 2 heterocycles. The predicted molar refractivity (Wildman–Crippen MR) is 81.2 cm³/mol. The zero-order chi connectivity index (χ0) is 14.7. The van der Waals surface area contributed by atoms with E-state index in [0.717, 1.165) is 43.6 Å². The van der Waals surface area contributed by atoms with E-state index in [9.17, 15) is 0 Å². The number of nitrogens with zero attached hydrogens (tertiary/aromatic N) is 3. The van der Waals surface area contributed by atoms with E-state index in [0.29, 0.717) is 5.92 Å². The van der Waals surface area contributed by atoms with Crippen LogP contribution in [0.3, 0.4) is 0 Å². The average Bonchev–Trinajstić information content (AvgIpc) is 2.45. The number of anilines is 1. The highest BCUT2D eigenvalue weighted by Gasteiger charge is 2.25. The van der Waals surface area contributed by atoms with Crippen molar-refractivity contribution in [3.63, 3.8) is 0 Å². The second-order valence-electron chi connectivity index (χ2n) is 5.59. The smallest absolute Gasteiger partial charge is 0.161 e. The zero-order valence-electron chi connectivity index (χ0n) is 13.2. The van der Waals surface area contributed by atoms with Crippen LogP contribution in [-0.4, -0.2) is 48.2 Å². The minimum atomic E-state index is -0.0179. The SMILES string of the molecule is CCN1CCOC(c2nc(C)c(C(C)C)c(NC)n2)C1. The van der Waals surface area contributed by atoms with Gasteiger partial charge in [-0.15, -0.1) is 0 Å². The molecule has 0 aliphatic carbocycles. The zero-order valence-corrected chi connectivity index (χ0v) is 13.2. The van der Waals surface area contributed by atoms with Crippen molar-refractivity contribution in [1.29, 1.82) is 0 Å². The summed E-state index contributed by atoms with van der Waals surface area (Å²) in [5.41, 5.74) is 2.24. The molecule has 1 atom stereocenters. The summed E-state index contributed by atoms with van der Waals surface area (Å²) in [7, 11) is 1.91. The summed E-state index contributed by atoms with van der Waals surface area (Å²) in [6.07, 6.45) is -0.0179. The fourth-order valence-corrected chi connectivity index (χ4v) is 2.77. The van der Waals surface area contributed by atoms with Gasteiger partial charge in [0.1, 0.15) is 11.9 Å². The summed E-state index contributed by atoms with van der Waals surface area (Å²) >= 11 is 0. The Bertz CT molecular complexity index is 461. The van der Waals surface area contributed by atoms with Crippen LogP contribution in [0.15, 0.2) is 0 Å². The molecule has 0 radical (unpaired) electrons. The highest BCUT2D eigenvalue weighted by molar-refractivity contribution is 5.48. The third kappa shape index (κ3) is 3.10. The van der Waals surface area contributed by atoms with E-state index in [1.54, 1.807) is 0 Å². The molecule has 1 aromatic rings. The molecule has 0 saturated carbocycles. The van der Waals surface area contributed by atoms with E-state index in [-0.39, 0.29) is 6.10 Å². The van der Waals surface area contributed by atoms with E-state index in [4.69, 9.17) is 14.7 Å². The average molecular weight is 278 g/mol. The largest absolute Gasteiger partial charge is 0.373 e. The van der Waals surface area contributed by atoms with Gasteiger partial charge < -0.3 is 10.1 Å². The summed E-state index contributed by atoms with van der Waals surface area (Å²) < 4.78 is 5.86. The summed E-state index contributed by atoms with van der Waals surface area (Å²) in [5, 5.41) is 3.20. The van der Waals surface area contributed by atoms with Crippen molar-refractivity contribution in [2.75, 3.05) is 38.6 Å². The maximum absolute atomic E-state index is 5.86. The number of rotatable bonds is 4. The number of hydrogen-bond acceptors (Lipinski definition) is 5. The summed E-state index contributed by atoms with van der Waals surface area (Å²) in [6.45, 7) is 12.2. The molecule has 112 valence electrons. The van der Waals surface area contributed by atoms with Crippen LogP contribution in [0.1, 0.15) is 49.9 Å². The topological polar surface area (TPSA) is 50.3 Å². The predicted octanol–water partition coefficient (Wildman–Crippen LogP) is 2.34. The number of aromatic nitrogens is 2. The van der Waals surface area contributed by atoms with Gasteiger partial charge in [0.15, 0.2) is 5.82 Å². The third-order valence-corrected chi connectivity index (χ3v) is 3.85. The fourth-order valence-electron chi connectivity index (χ4n) is 2.77. The van der Waals surface area contributed by atoms with Crippen molar-refractivity contribution < 1.29 is 4.74 Å². The van der Waals surface area contributed by atoms with Crippen molar-refractivity contribution in [1.82, 2.24) is 14.9 Å². The van der Waals surface area contributed by atoms with E-state index in [1.165, 1.54) is 5.56 Å². The van der Waals surface area contributed by atoms with E-state index >= 15 is 0 Å². The molecule has 0 aromatic carbocycles. The lowest BCUT2D eigenvalue weighted by atomic mass is 10.0. The molecule has 5 heteroatoms. The molecule has 2 rings (SSSR count). The molecule has 1 aliphatic rings. The second-order valence-corrected chi connectivity index (χ2v) is 5.59. The summed E-state index contributed by atoms with van der Waals surface area (Å²) in [6, 6.07) is 0. The molecule has 1 aliphatic heterocycles. The van der Waals surface area contributed by atoms with Gasteiger partial charge in [-0.1, -0.05) is 20.8 Å². The van der Waals surface area contributed by atoms with Crippen LogP contribution >= 0.6 is 0 Å². The number of ether oxygens (including phenoxy) is 1. The highest BCUT2D eigenvalue weighted by Crippen LogP contribution is 2.28. The third-order valence-electron chi connectivity index (χ3n) is 3.85. The van der Waals surface area contributed by atoms with Gasteiger partial charge in [0.2, 0.25) is 0 Å². The standard InChI is InChI=1S/C15H26N4O/c1-6-19-7-8-20-12(9-19)14-17-11(4)13(10(2)3)15(16-5)18-14/h10,12H,6-9H2,1-5H3,(H,16,17,18). The molecule has 1 unspecified atom stereocenters. The number of likely N-dealkylation sites (N-methyl/N-ethyl adjacent to an activating group) is 1. The first kappa shape index (κ1) is 15.2. The number of nitrogens with one attached hydrogen (secondary N) is 1. The van der Waals surface area contributed by atoms with Gasteiger partial charge in [-0.25, -0.2) is 9.97 Å². The maximum atomic E-state index is 5.86.